The van der Waals surface area contributed by atoms with Crippen molar-refractivity contribution >= 4 is 42.9 Å². The van der Waals surface area contributed by atoms with Gasteiger partial charge in [0.25, 0.3) is 0 Å². The van der Waals surface area contributed by atoms with Crippen molar-refractivity contribution in [2.45, 2.75) is 0 Å². The van der Waals surface area contributed by atoms with E-state index in [1.54, 1.807) is 12.1 Å². The summed E-state index contributed by atoms with van der Waals surface area (Å²) in [6, 6.07) is 13.5. The first kappa shape index (κ1) is 12.4. The fraction of sp³-hybridized carbons (Fsp3) is 0. The molecule has 1 N–H and O–H groups in total. The summed E-state index contributed by atoms with van der Waals surface area (Å²) in [6.45, 7) is 0. The van der Waals surface area contributed by atoms with Crippen molar-refractivity contribution in [3.05, 3.63) is 50.9 Å². The molecule has 0 aliphatic rings. The Kier molecular flexibility index (Phi) is 3.13. The van der Waals surface area contributed by atoms with Gasteiger partial charge in [-0.25, -0.2) is 4.98 Å². The average molecular weight is 377 g/mol. The second kappa shape index (κ2) is 4.80. The van der Waals surface area contributed by atoms with Gasteiger partial charge in [-0.1, -0.05) is 31.9 Å². The van der Waals surface area contributed by atoms with Crippen LogP contribution in [0.3, 0.4) is 0 Å². The number of halogens is 2. The number of nitrogens with zero attached hydrogens (tertiary/aromatic N) is 2. The summed E-state index contributed by atoms with van der Waals surface area (Å²) in [4.78, 5) is 7.77. The van der Waals surface area contributed by atoms with Crippen LogP contribution >= 0.6 is 31.9 Å². The maximum absolute atomic E-state index is 8.90. The monoisotopic (exact) mass is 375 g/mol. The van der Waals surface area contributed by atoms with Gasteiger partial charge in [-0.3, -0.25) is 0 Å². The van der Waals surface area contributed by atoms with E-state index in [4.69, 9.17) is 5.26 Å². The van der Waals surface area contributed by atoms with Crippen molar-refractivity contribution < 1.29 is 0 Å². The molecule has 2 aromatic carbocycles. The van der Waals surface area contributed by atoms with Crippen LogP contribution in [0.4, 0.5) is 0 Å². The van der Waals surface area contributed by atoms with Crippen LogP contribution in [-0.2, 0) is 0 Å². The lowest BCUT2D eigenvalue weighted by atomic mass is 10.2. The van der Waals surface area contributed by atoms with E-state index in [9.17, 15) is 0 Å². The topological polar surface area (TPSA) is 52.5 Å². The summed E-state index contributed by atoms with van der Waals surface area (Å²) in [6.07, 6.45) is 0. The standard InChI is InChI=1S/C14H7Br2N3/c15-10-4-9(5-11(16)6-10)14-18-12-2-1-8(7-17)3-13(12)19-14/h1-6H,(H,18,19). The van der Waals surface area contributed by atoms with E-state index in [0.29, 0.717) is 5.56 Å². The highest BCUT2D eigenvalue weighted by Crippen LogP contribution is 2.27. The molecule has 19 heavy (non-hydrogen) atoms. The first-order valence-electron chi connectivity index (χ1n) is 5.52. The zero-order chi connectivity index (χ0) is 13.4. The molecule has 0 fully saturated rings. The fourth-order valence-corrected chi connectivity index (χ4v) is 3.20. The summed E-state index contributed by atoms with van der Waals surface area (Å²) in [7, 11) is 0. The second-order valence-corrected chi connectivity index (χ2v) is 5.92. The molecule has 3 rings (SSSR count). The largest absolute Gasteiger partial charge is 0.338 e. The van der Waals surface area contributed by atoms with Crippen LogP contribution in [0.5, 0.6) is 0 Å². The van der Waals surface area contributed by atoms with Gasteiger partial charge in [0.15, 0.2) is 0 Å². The lowest BCUT2D eigenvalue weighted by Crippen LogP contribution is -1.80. The minimum atomic E-state index is 0.623. The SMILES string of the molecule is N#Cc1ccc2nc(-c3cc(Br)cc(Br)c3)[nH]c2c1. The maximum atomic E-state index is 8.90. The Bertz CT molecular complexity index is 795. The van der Waals surface area contributed by atoms with E-state index >= 15 is 0 Å². The zero-order valence-corrected chi connectivity index (χ0v) is 12.8. The number of fused-ring (bicyclic) bond motifs is 1. The summed E-state index contributed by atoms with van der Waals surface area (Å²) in [5, 5.41) is 8.90. The lowest BCUT2D eigenvalue weighted by molar-refractivity contribution is 1.33. The smallest absolute Gasteiger partial charge is 0.138 e. The minimum Gasteiger partial charge on any atom is -0.338 e. The van der Waals surface area contributed by atoms with E-state index in [0.717, 1.165) is 31.4 Å². The molecule has 5 heteroatoms. The highest BCUT2D eigenvalue weighted by molar-refractivity contribution is 9.11. The van der Waals surface area contributed by atoms with E-state index in [-0.39, 0.29) is 0 Å². The third kappa shape index (κ3) is 2.42. The van der Waals surface area contributed by atoms with Crippen molar-refractivity contribution in [3.63, 3.8) is 0 Å². The normalized spacial score (nSPS) is 10.6. The molecule has 0 bridgehead atoms. The van der Waals surface area contributed by atoms with Gasteiger partial charge in [-0.15, -0.1) is 0 Å². The van der Waals surface area contributed by atoms with Crippen LogP contribution in [0.1, 0.15) is 5.56 Å². The number of aromatic nitrogens is 2. The molecular weight excluding hydrogens is 370 g/mol. The van der Waals surface area contributed by atoms with Gasteiger partial charge < -0.3 is 4.98 Å². The number of rotatable bonds is 1. The third-order valence-corrected chi connectivity index (χ3v) is 3.66. The molecule has 0 spiro atoms. The Morgan fingerprint density at radius 3 is 2.47 bits per heavy atom. The number of H-pyrrole nitrogens is 1. The van der Waals surface area contributed by atoms with Crippen molar-refractivity contribution in [3.8, 4) is 17.5 Å². The zero-order valence-electron chi connectivity index (χ0n) is 9.61. The molecule has 1 heterocycles. The van der Waals surface area contributed by atoms with Crippen LogP contribution < -0.4 is 0 Å². The van der Waals surface area contributed by atoms with Crippen LogP contribution in [0.25, 0.3) is 22.4 Å². The van der Waals surface area contributed by atoms with Crippen molar-refractivity contribution in [2.75, 3.05) is 0 Å². The van der Waals surface area contributed by atoms with Crippen molar-refractivity contribution in [2.24, 2.45) is 0 Å². The van der Waals surface area contributed by atoms with E-state index < -0.39 is 0 Å². The quantitative estimate of drug-likeness (QED) is 0.673. The molecule has 0 radical (unpaired) electrons. The Hall–Kier alpha value is -1.64. The summed E-state index contributed by atoms with van der Waals surface area (Å²) >= 11 is 6.92. The van der Waals surface area contributed by atoms with E-state index in [2.05, 4.69) is 47.9 Å². The summed E-state index contributed by atoms with van der Waals surface area (Å²) in [5.41, 5.74) is 3.32. The van der Waals surface area contributed by atoms with Gasteiger partial charge in [0, 0.05) is 14.5 Å². The molecule has 0 saturated heterocycles. The van der Waals surface area contributed by atoms with Gasteiger partial charge in [-0.05, 0) is 36.4 Å². The van der Waals surface area contributed by atoms with Crippen LogP contribution in [-0.4, -0.2) is 9.97 Å². The lowest BCUT2D eigenvalue weighted by Gasteiger charge is -1.99. The van der Waals surface area contributed by atoms with Crippen LogP contribution in [0.15, 0.2) is 45.3 Å². The molecule has 0 amide bonds. The van der Waals surface area contributed by atoms with Crippen LogP contribution in [0, 0.1) is 11.3 Å². The molecule has 0 aliphatic carbocycles. The van der Waals surface area contributed by atoms with Gasteiger partial charge >= 0.3 is 0 Å². The highest BCUT2D eigenvalue weighted by Gasteiger charge is 2.07. The van der Waals surface area contributed by atoms with Gasteiger partial charge in [0.1, 0.15) is 5.82 Å². The number of benzene rings is 2. The van der Waals surface area contributed by atoms with E-state index in [1.165, 1.54) is 0 Å². The molecule has 0 aliphatic heterocycles. The average Bonchev–Trinajstić information content (AvgIpc) is 2.80. The fourth-order valence-electron chi connectivity index (χ4n) is 1.91. The molecule has 1 aromatic heterocycles. The highest BCUT2D eigenvalue weighted by atomic mass is 79.9. The van der Waals surface area contributed by atoms with Crippen molar-refractivity contribution in [1.29, 1.82) is 5.26 Å². The van der Waals surface area contributed by atoms with Gasteiger partial charge in [0.05, 0.1) is 22.7 Å². The van der Waals surface area contributed by atoms with E-state index in [1.807, 2.05) is 24.3 Å². The molecule has 0 atom stereocenters. The number of nitriles is 1. The summed E-state index contributed by atoms with van der Waals surface area (Å²) < 4.78 is 1.96. The van der Waals surface area contributed by atoms with Crippen LogP contribution in [0.2, 0.25) is 0 Å². The predicted molar refractivity (Wildman–Crippen MR) is 81.6 cm³/mol. The second-order valence-electron chi connectivity index (χ2n) is 4.09. The Labute approximate surface area is 126 Å². The van der Waals surface area contributed by atoms with Crippen molar-refractivity contribution in [1.82, 2.24) is 9.97 Å². The molecule has 3 nitrogen and oxygen atoms in total. The van der Waals surface area contributed by atoms with Gasteiger partial charge in [-0.2, -0.15) is 5.26 Å². The first-order valence-corrected chi connectivity index (χ1v) is 7.10. The maximum Gasteiger partial charge on any atom is 0.138 e. The minimum absolute atomic E-state index is 0.623. The number of hydrogen-bond donors (Lipinski definition) is 1. The molecular formula is C14H7Br2N3. The molecule has 0 unspecified atom stereocenters. The number of hydrogen-bond acceptors (Lipinski definition) is 2. The number of nitrogens with one attached hydrogen (secondary N) is 1. The summed E-state index contributed by atoms with van der Waals surface area (Å²) in [5.74, 6) is 0.784. The first-order chi connectivity index (χ1) is 9.15. The predicted octanol–water partition coefficient (Wildman–Crippen LogP) is 4.63. The molecule has 3 aromatic rings. The molecule has 92 valence electrons. The number of aromatic amines is 1. The Balaban J connectivity index is 2.18. The third-order valence-electron chi connectivity index (χ3n) is 2.75. The Morgan fingerprint density at radius 2 is 1.79 bits per heavy atom. The number of imidazole rings is 1. The van der Waals surface area contributed by atoms with Gasteiger partial charge in [0.2, 0.25) is 0 Å². The molecule has 0 saturated carbocycles. The Morgan fingerprint density at radius 1 is 1.05 bits per heavy atom.